The summed E-state index contributed by atoms with van der Waals surface area (Å²) in [7, 11) is 0. The van der Waals surface area contributed by atoms with Crippen LogP contribution in [-0.4, -0.2) is 57.9 Å². The van der Waals surface area contributed by atoms with Crippen LogP contribution in [0.25, 0.3) is 0 Å². The molecule has 7 nitrogen and oxygen atoms in total. The molecular weight excluding hydrogens is 556 g/mol. The number of ether oxygens (including phenoxy) is 1. The number of piperazine rings is 1. The third-order valence-corrected chi connectivity index (χ3v) is 7.17. The monoisotopic (exact) mass is 585 g/mol. The molecule has 0 aromatic heterocycles. The van der Waals surface area contributed by atoms with Crippen LogP contribution in [0, 0.1) is 11.8 Å². The lowest BCUT2D eigenvalue weighted by Gasteiger charge is -2.54. The Labute approximate surface area is 232 Å². The van der Waals surface area contributed by atoms with Crippen molar-refractivity contribution in [1.29, 1.82) is 0 Å². The summed E-state index contributed by atoms with van der Waals surface area (Å²) in [6.07, 6.45) is -12.1. The van der Waals surface area contributed by atoms with Crippen molar-refractivity contribution in [2.75, 3.05) is 13.1 Å². The predicted molar refractivity (Wildman–Crippen MR) is 134 cm³/mol. The van der Waals surface area contributed by atoms with Gasteiger partial charge in [-0.1, -0.05) is 51.1 Å². The first-order valence-corrected chi connectivity index (χ1v) is 12.9. The van der Waals surface area contributed by atoms with Crippen LogP contribution in [0.3, 0.4) is 0 Å². The Morgan fingerprint density at radius 2 is 1.49 bits per heavy atom. The largest absolute Gasteiger partial charge is 0.444 e. The first-order chi connectivity index (χ1) is 19.1. The Morgan fingerprint density at radius 1 is 0.902 bits per heavy atom. The number of rotatable bonds is 5. The molecule has 0 radical (unpaired) electrons. The van der Waals surface area contributed by atoms with E-state index in [1.165, 1.54) is 14.7 Å². The van der Waals surface area contributed by atoms with Gasteiger partial charge in [-0.05, 0) is 35.2 Å². The van der Waals surface area contributed by atoms with Crippen molar-refractivity contribution in [2.45, 2.75) is 58.5 Å². The molecule has 0 saturated carbocycles. The van der Waals surface area contributed by atoms with Gasteiger partial charge in [0.05, 0.1) is 23.6 Å². The molecule has 2 aromatic carbocycles. The Kier molecular flexibility index (Phi) is 8.28. The smallest absolute Gasteiger partial charge is 0.416 e. The van der Waals surface area contributed by atoms with Gasteiger partial charge in [-0.25, -0.2) is 4.79 Å². The summed E-state index contributed by atoms with van der Waals surface area (Å²) in [6, 6.07) is 9.19. The summed E-state index contributed by atoms with van der Waals surface area (Å²) >= 11 is 0. The fourth-order valence-electron chi connectivity index (χ4n) is 5.23. The van der Waals surface area contributed by atoms with Crippen molar-refractivity contribution in [3.8, 4) is 0 Å². The minimum atomic E-state index is -5.05. The number of fused-ring (bicyclic) bond motifs is 1. The number of amides is 3. The fourth-order valence-corrected chi connectivity index (χ4v) is 5.23. The van der Waals surface area contributed by atoms with E-state index in [0.717, 1.165) is 5.56 Å². The van der Waals surface area contributed by atoms with Gasteiger partial charge in [0.25, 0.3) is 0 Å². The lowest BCUT2D eigenvalue weighted by Crippen LogP contribution is -2.73. The number of benzene rings is 2. The second-order valence-electron chi connectivity index (χ2n) is 10.6. The molecule has 0 unspecified atom stereocenters. The third kappa shape index (κ3) is 6.43. The molecule has 13 heteroatoms. The molecule has 0 bridgehead atoms. The minimum absolute atomic E-state index is 0.00641. The molecule has 3 amide bonds. The number of halogens is 6. The van der Waals surface area contributed by atoms with E-state index >= 15 is 0 Å². The Hall–Kier alpha value is -3.77. The van der Waals surface area contributed by atoms with Crippen LogP contribution in [0.5, 0.6) is 0 Å². The standard InChI is InChI=1S/C28H29F6N3O4/c1-16(2)23-25(39)35(13-18-7-5-4-6-8-18)14-22-36(12-17(3)24(38)37(22)23)26(40)41-15-19-9-20(27(29,30)31)11-21(10-19)28(32,33)34/h4-11,16-17,22-23H,12-15H2,1-3H3/t17-,22+,23-/m0/s1. The van der Waals surface area contributed by atoms with Gasteiger partial charge in [0.15, 0.2) is 0 Å². The quantitative estimate of drug-likeness (QED) is 0.433. The fraction of sp³-hybridized carbons (Fsp3) is 0.464. The van der Waals surface area contributed by atoms with Crippen molar-refractivity contribution >= 4 is 17.9 Å². The van der Waals surface area contributed by atoms with Crippen molar-refractivity contribution < 1.29 is 45.5 Å². The summed E-state index contributed by atoms with van der Waals surface area (Å²) in [4.78, 5) is 44.2. The average Bonchev–Trinajstić information content (AvgIpc) is 2.89. The van der Waals surface area contributed by atoms with Crippen molar-refractivity contribution in [3.63, 3.8) is 0 Å². The van der Waals surface area contributed by atoms with Gasteiger partial charge >= 0.3 is 18.4 Å². The highest BCUT2D eigenvalue weighted by atomic mass is 19.4. The van der Waals surface area contributed by atoms with Gasteiger partial charge in [-0.3, -0.25) is 14.5 Å². The van der Waals surface area contributed by atoms with Crippen molar-refractivity contribution in [1.82, 2.24) is 14.7 Å². The molecule has 2 fully saturated rings. The Bertz CT molecular complexity index is 1270. The van der Waals surface area contributed by atoms with E-state index in [0.29, 0.717) is 12.1 Å². The number of carbonyl (C=O) groups is 3. The second kappa shape index (κ2) is 11.2. The van der Waals surface area contributed by atoms with E-state index in [1.807, 2.05) is 30.3 Å². The van der Waals surface area contributed by atoms with Crippen LogP contribution < -0.4 is 0 Å². The number of alkyl halides is 6. The zero-order chi connectivity index (χ0) is 30.3. The first-order valence-electron chi connectivity index (χ1n) is 12.9. The highest BCUT2D eigenvalue weighted by molar-refractivity contribution is 5.91. The van der Waals surface area contributed by atoms with E-state index in [1.54, 1.807) is 20.8 Å². The number of nitrogens with zero attached hydrogens (tertiary/aromatic N) is 3. The van der Waals surface area contributed by atoms with Crippen LogP contribution >= 0.6 is 0 Å². The number of hydrogen-bond acceptors (Lipinski definition) is 4. The average molecular weight is 586 g/mol. The molecular formula is C28H29F6N3O4. The van der Waals surface area contributed by atoms with Crippen molar-refractivity contribution in [2.24, 2.45) is 11.8 Å². The summed E-state index contributed by atoms with van der Waals surface area (Å²) in [5, 5.41) is 0. The normalized spacial score (nSPS) is 21.8. The predicted octanol–water partition coefficient (Wildman–Crippen LogP) is 5.53. The van der Waals surface area contributed by atoms with Crippen molar-refractivity contribution in [3.05, 3.63) is 70.8 Å². The van der Waals surface area contributed by atoms with Crippen LogP contribution in [0.1, 0.15) is 43.0 Å². The zero-order valence-corrected chi connectivity index (χ0v) is 22.5. The molecule has 2 aliphatic rings. The summed E-state index contributed by atoms with van der Waals surface area (Å²) in [5.74, 6) is -1.67. The molecule has 0 N–H and O–H groups in total. The zero-order valence-electron chi connectivity index (χ0n) is 22.5. The Balaban J connectivity index is 1.61. The molecule has 2 heterocycles. The van der Waals surface area contributed by atoms with Crippen LogP contribution in [0.2, 0.25) is 0 Å². The first kappa shape index (κ1) is 30.2. The highest BCUT2D eigenvalue weighted by Crippen LogP contribution is 2.37. The van der Waals surface area contributed by atoms with Crippen LogP contribution in [-0.2, 0) is 39.8 Å². The molecule has 41 heavy (non-hydrogen) atoms. The van der Waals surface area contributed by atoms with Gasteiger partial charge < -0.3 is 14.5 Å². The maximum Gasteiger partial charge on any atom is 0.416 e. The van der Waals surface area contributed by atoms with Gasteiger partial charge in [-0.2, -0.15) is 26.3 Å². The van der Waals surface area contributed by atoms with E-state index < -0.39 is 59.9 Å². The summed E-state index contributed by atoms with van der Waals surface area (Å²) in [5.41, 5.74) is -2.72. The topological polar surface area (TPSA) is 70.2 Å². The third-order valence-electron chi connectivity index (χ3n) is 7.17. The maximum atomic E-state index is 13.5. The maximum absolute atomic E-state index is 13.5. The van der Waals surface area contributed by atoms with Crippen LogP contribution in [0.15, 0.2) is 48.5 Å². The SMILES string of the molecule is CC(C)[C@H]1C(=O)N(Cc2ccccc2)C[C@@H]2N(C(=O)OCc3cc(C(F)(F)F)cc(C(F)(F)F)c3)C[C@H](C)C(=O)N12. The molecule has 4 rings (SSSR count). The lowest BCUT2D eigenvalue weighted by molar-refractivity contribution is -0.175. The van der Waals surface area contributed by atoms with E-state index in [-0.39, 0.29) is 43.4 Å². The van der Waals surface area contributed by atoms with E-state index in [4.69, 9.17) is 4.74 Å². The Morgan fingerprint density at radius 3 is 2.02 bits per heavy atom. The molecule has 3 atom stereocenters. The molecule has 0 aliphatic carbocycles. The van der Waals surface area contributed by atoms with Gasteiger partial charge in [0.1, 0.15) is 18.8 Å². The van der Waals surface area contributed by atoms with E-state index in [9.17, 15) is 40.7 Å². The van der Waals surface area contributed by atoms with Gasteiger partial charge in [0.2, 0.25) is 11.8 Å². The second-order valence-corrected chi connectivity index (χ2v) is 10.6. The molecule has 0 spiro atoms. The van der Waals surface area contributed by atoms with Gasteiger partial charge in [-0.15, -0.1) is 0 Å². The summed E-state index contributed by atoms with van der Waals surface area (Å²) in [6.45, 7) is 4.31. The summed E-state index contributed by atoms with van der Waals surface area (Å²) < 4.78 is 84.8. The molecule has 2 aromatic rings. The van der Waals surface area contributed by atoms with Crippen LogP contribution in [0.4, 0.5) is 31.1 Å². The number of hydrogen-bond donors (Lipinski definition) is 0. The van der Waals surface area contributed by atoms with E-state index in [2.05, 4.69) is 0 Å². The minimum Gasteiger partial charge on any atom is -0.444 e. The number of carbonyl (C=O) groups excluding carboxylic acids is 3. The molecule has 2 aliphatic heterocycles. The lowest BCUT2D eigenvalue weighted by atomic mass is 9.92. The molecule has 2 saturated heterocycles. The highest BCUT2D eigenvalue weighted by Gasteiger charge is 2.52. The molecule has 222 valence electrons. The van der Waals surface area contributed by atoms with Gasteiger partial charge in [0, 0.05) is 13.1 Å².